The van der Waals surface area contributed by atoms with Crippen molar-refractivity contribution in [3.8, 4) is 11.1 Å². The molecule has 292 valence electrons. The van der Waals surface area contributed by atoms with Crippen LogP contribution in [-0.2, 0) is 35.1 Å². The largest absolute Gasteiger partial charge is 0.481 e. The van der Waals surface area contributed by atoms with Crippen molar-refractivity contribution in [2.45, 2.75) is 70.4 Å². The SMILES string of the molecule is CC(C)[C@@H](C(=O)C[C@@H](CC(=O)O)C(=O)N1CCCCC1)N(C)C(=O)[C@H](Cc1ccccc1)N(C)C(=O)CNC(=O)OCC1c2ccccc2-c2ccccc21. The highest BCUT2D eigenvalue weighted by atomic mass is 16.5. The molecule has 12 heteroatoms. The quantitative estimate of drug-likeness (QED) is 0.204. The van der Waals surface area contributed by atoms with E-state index in [1.165, 1.54) is 23.9 Å². The highest BCUT2D eigenvalue weighted by Crippen LogP contribution is 2.44. The second-order valence-electron chi connectivity index (χ2n) is 14.9. The number of hydrogen-bond acceptors (Lipinski definition) is 7. The zero-order valence-electron chi connectivity index (χ0n) is 32.1. The van der Waals surface area contributed by atoms with Crippen molar-refractivity contribution in [3.63, 3.8) is 0 Å². The first-order valence-corrected chi connectivity index (χ1v) is 19.1. The van der Waals surface area contributed by atoms with E-state index in [0.29, 0.717) is 13.1 Å². The van der Waals surface area contributed by atoms with E-state index in [4.69, 9.17) is 4.74 Å². The molecular formula is C43H52N4O8. The fourth-order valence-electron chi connectivity index (χ4n) is 7.92. The monoisotopic (exact) mass is 752 g/mol. The van der Waals surface area contributed by atoms with Crippen molar-refractivity contribution < 1.29 is 38.6 Å². The number of rotatable bonds is 16. The molecule has 3 aromatic rings. The van der Waals surface area contributed by atoms with Crippen molar-refractivity contribution in [1.29, 1.82) is 0 Å². The first-order valence-electron chi connectivity index (χ1n) is 19.1. The molecular weight excluding hydrogens is 700 g/mol. The molecule has 1 fully saturated rings. The number of aliphatic carboxylic acids is 1. The average molecular weight is 753 g/mol. The smallest absolute Gasteiger partial charge is 0.407 e. The number of ether oxygens (including phenoxy) is 1. The Hall–Kier alpha value is -5.52. The van der Waals surface area contributed by atoms with Gasteiger partial charge in [0, 0.05) is 45.9 Å². The van der Waals surface area contributed by atoms with Gasteiger partial charge in [-0.2, -0.15) is 0 Å². The van der Waals surface area contributed by atoms with Crippen molar-refractivity contribution in [1.82, 2.24) is 20.0 Å². The molecule has 2 N–H and O–H groups in total. The van der Waals surface area contributed by atoms with E-state index in [0.717, 1.165) is 47.1 Å². The minimum atomic E-state index is -1.18. The molecule has 4 amide bonds. The van der Waals surface area contributed by atoms with E-state index in [2.05, 4.69) is 5.32 Å². The van der Waals surface area contributed by atoms with Crippen molar-refractivity contribution in [3.05, 3.63) is 95.6 Å². The maximum absolute atomic E-state index is 14.4. The summed E-state index contributed by atoms with van der Waals surface area (Å²) in [7, 11) is 2.97. The lowest BCUT2D eigenvalue weighted by molar-refractivity contribution is -0.150. The van der Waals surface area contributed by atoms with Gasteiger partial charge in [0.1, 0.15) is 19.2 Å². The number of hydrogen-bond donors (Lipinski definition) is 2. The Kier molecular flexibility index (Phi) is 13.8. The fourth-order valence-corrected chi connectivity index (χ4v) is 7.92. The second-order valence-corrected chi connectivity index (χ2v) is 14.9. The number of benzene rings is 3. The molecule has 1 heterocycles. The van der Waals surface area contributed by atoms with Crippen LogP contribution in [0.2, 0.25) is 0 Å². The lowest BCUT2D eigenvalue weighted by Gasteiger charge is -2.37. The predicted octanol–water partition coefficient (Wildman–Crippen LogP) is 5.14. The average Bonchev–Trinajstić information content (AvgIpc) is 3.50. The Bertz CT molecular complexity index is 1810. The van der Waals surface area contributed by atoms with Crippen LogP contribution >= 0.6 is 0 Å². The molecule has 0 saturated carbocycles. The van der Waals surface area contributed by atoms with E-state index in [-0.39, 0.29) is 37.2 Å². The number of piperidine rings is 1. The summed E-state index contributed by atoms with van der Waals surface area (Å²) in [6, 6.07) is 23.1. The summed E-state index contributed by atoms with van der Waals surface area (Å²) in [5, 5.41) is 12.2. The lowest BCUT2D eigenvalue weighted by Crippen LogP contribution is -2.56. The van der Waals surface area contributed by atoms with E-state index in [9.17, 15) is 33.9 Å². The number of carbonyl (C=O) groups excluding carboxylic acids is 5. The van der Waals surface area contributed by atoms with Crippen LogP contribution in [0, 0.1) is 11.8 Å². The molecule has 5 rings (SSSR count). The van der Waals surface area contributed by atoms with Gasteiger partial charge in [-0.25, -0.2) is 4.79 Å². The van der Waals surface area contributed by atoms with Gasteiger partial charge in [0.25, 0.3) is 0 Å². The summed E-state index contributed by atoms with van der Waals surface area (Å²) >= 11 is 0. The van der Waals surface area contributed by atoms with Crippen molar-refractivity contribution in [2.75, 3.05) is 40.3 Å². The number of Topliss-reactive ketones (excluding diaryl/α,β-unsaturated/α-hetero) is 1. The highest BCUT2D eigenvalue weighted by Gasteiger charge is 2.39. The number of fused-ring (bicyclic) bond motifs is 3. The van der Waals surface area contributed by atoms with E-state index in [1.54, 1.807) is 18.7 Å². The molecule has 1 aliphatic heterocycles. The minimum Gasteiger partial charge on any atom is -0.481 e. The van der Waals surface area contributed by atoms with Crippen molar-refractivity contribution >= 4 is 35.6 Å². The number of likely N-dealkylation sites (tertiary alicyclic amines) is 1. The molecule has 12 nitrogen and oxygen atoms in total. The summed E-state index contributed by atoms with van der Waals surface area (Å²) in [4.78, 5) is 84.3. The lowest BCUT2D eigenvalue weighted by atomic mass is 9.88. The Morgan fingerprint density at radius 3 is 1.96 bits per heavy atom. The van der Waals surface area contributed by atoms with E-state index in [1.807, 2.05) is 78.9 Å². The summed E-state index contributed by atoms with van der Waals surface area (Å²) in [5.74, 6) is -4.61. The number of nitrogens with one attached hydrogen (secondary N) is 1. The van der Waals surface area contributed by atoms with Gasteiger partial charge in [-0.05, 0) is 53.0 Å². The van der Waals surface area contributed by atoms with Gasteiger partial charge in [0.05, 0.1) is 18.4 Å². The first-order chi connectivity index (χ1) is 26.4. The number of alkyl carbamates (subject to hydrolysis) is 1. The number of carboxylic acids is 1. The highest BCUT2D eigenvalue weighted by molar-refractivity contribution is 5.96. The van der Waals surface area contributed by atoms with Crippen LogP contribution in [0.1, 0.15) is 68.6 Å². The summed E-state index contributed by atoms with van der Waals surface area (Å²) in [6.45, 7) is 4.25. The van der Waals surface area contributed by atoms with Gasteiger partial charge in [0.15, 0.2) is 5.78 Å². The normalized spacial score (nSPS) is 15.3. The fraction of sp³-hybridized carbons (Fsp3) is 0.442. The van der Waals surface area contributed by atoms with Gasteiger partial charge < -0.3 is 29.9 Å². The van der Waals surface area contributed by atoms with E-state index < -0.39 is 60.6 Å². The number of ketones is 1. The maximum Gasteiger partial charge on any atom is 0.407 e. The number of likely N-dealkylation sites (N-methyl/N-ethyl adjacent to an activating group) is 2. The van der Waals surface area contributed by atoms with Gasteiger partial charge in [-0.3, -0.25) is 24.0 Å². The number of nitrogens with zero attached hydrogens (tertiary/aromatic N) is 3. The summed E-state index contributed by atoms with van der Waals surface area (Å²) in [6.07, 6.45) is 1.17. The molecule has 1 saturated heterocycles. The maximum atomic E-state index is 14.4. The van der Waals surface area contributed by atoms with Crippen LogP contribution in [-0.4, -0.2) is 108 Å². The minimum absolute atomic E-state index is 0.0748. The Morgan fingerprint density at radius 2 is 1.38 bits per heavy atom. The third-order valence-corrected chi connectivity index (χ3v) is 10.8. The van der Waals surface area contributed by atoms with E-state index >= 15 is 0 Å². The number of carbonyl (C=O) groups is 6. The summed E-state index contributed by atoms with van der Waals surface area (Å²) in [5.41, 5.74) is 5.08. The van der Waals surface area contributed by atoms with Gasteiger partial charge in [-0.1, -0.05) is 92.7 Å². The molecule has 0 radical (unpaired) electrons. The summed E-state index contributed by atoms with van der Waals surface area (Å²) < 4.78 is 5.61. The van der Waals surface area contributed by atoms with Gasteiger partial charge >= 0.3 is 12.1 Å². The van der Waals surface area contributed by atoms with Crippen LogP contribution in [0.25, 0.3) is 11.1 Å². The van der Waals surface area contributed by atoms with Crippen LogP contribution in [0.4, 0.5) is 4.79 Å². The zero-order chi connectivity index (χ0) is 39.6. The van der Waals surface area contributed by atoms with Gasteiger partial charge in [0.2, 0.25) is 17.7 Å². The molecule has 0 spiro atoms. The first kappa shape index (κ1) is 40.7. The predicted molar refractivity (Wildman–Crippen MR) is 207 cm³/mol. The Balaban J connectivity index is 1.26. The van der Waals surface area contributed by atoms with Crippen molar-refractivity contribution in [2.24, 2.45) is 11.8 Å². The topological polar surface area (TPSA) is 154 Å². The standard InChI is InChI=1S/C43H52N4O8/c1-28(2)40(37(48)24-30(25-39(50)51)41(52)47-21-13-6-14-22-47)46(4)42(53)36(23-29-15-7-5-8-16-29)45(3)38(49)26-44-43(54)55-27-35-33-19-11-9-17-31(33)32-18-10-12-20-34(32)35/h5,7-12,15-20,28,30,35-36,40H,6,13-14,21-27H2,1-4H3,(H,44,54)(H,50,51)/t30-,36-,40-/m0/s1. The van der Waals surface area contributed by atoms with Gasteiger partial charge in [-0.15, -0.1) is 0 Å². The second kappa shape index (κ2) is 18.7. The third-order valence-electron chi connectivity index (χ3n) is 10.8. The van der Waals surface area contributed by atoms with Crippen LogP contribution in [0.15, 0.2) is 78.9 Å². The molecule has 2 aliphatic rings. The van der Waals surface area contributed by atoms with Crippen LogP contribution in [0.3, 0.4) is 0 Å². The molecule has 55 heavy (non-hydrogen) atoms. The zero-order valence-corrected chi connectivity index (χ0v) is 32.1. The van der Waals surface area contributed by atoms with Crippen LogP contribution in [0.5, 0.6) is 0 Å². The Labute approximate surface area is 322 Å². The molecule has 3 aromatic carbocycles. The van der Waals surface area contributed by atoms with Crippen LogP contribution < -0.4 is 5.32 Å². The molecule has 3 atom stereocenters. The molecule has 0 unspecified atom stereocenters. The number of carboxylic acid groups (broad SMARTS) is 1. The molecule has 0 aromatic heterocycles. The number of amides is 4. The Morgan fingerprint density at radius 1 is 0.800 bits per heavy atom. The third kappa shape index (κ3) is 9.97. The molecule has 0 bridgehead atoms. The molecule has 1 aliphatic carbocycles.